The third kappa shape index (κ3) is 3.92. The molecule has 1 aromatic rings. The van der Waals surface area contributed by atoms with Gasteiger partial charge in [0.2, 0.25) is 5.91 Å². The quantitative estimate of drug-likeness (QED) is 0.862. The van der Waals surface area contributed by atoms with E-state index >= 15 is 0 Å². The van der Waals surface area contributed by atoms with Crippen LogP contribution < -0.4 is 5.32 Å². The second-order valence-electron chi connectivity index (χ2n) is 4.52. The Labute approximate surface area is 102 Å². The minimum Gasteiger partial charge on any atom is -0.326 e. The van der Waals surface area contributed by atoms with Crippen molar-refractivity contribution >= 4 is 11.6 Å². The average molecular weight is 230 g/mol. The highest BCUT2D eigenvalue weighted by atomic mass is 16.1. The molecular formula is C14H18N2O. The number of anilines is 1. The molecule has 0 spiro atoms. The number of carbonyl (C=O) groups excluding carboxylic acids is 1. The van der Waals surface area contributed by atoms with Gasteiger partial charge in [-0.3, -0.25) is 4.79 Å². The fourth-order valence-electron chi connectivity index (χ4n) is 1.64. The summed E-state index contributed by atoms with van der Waals surface area (Å²) >= 11 is 0. The van der Waals surface area contributed by atoms with Crippen molar-refractivity contribution < 1.29 is 4.79 Å². The third-order valence-electron chi connectivity index (χ3n) is 2.57. The highest BCUT2D eigenvalue weighted by Crippen LogP contribution is 2.23. The number of nitrogens with one attached hydrogen (secondary N) is 1. The molecule has 1 amide bonds. The van der Waals surface area contributed by atoms with Crippen LogP contribution in [0.1, 0.15) is 38.7 Å². The van der Waals surface area contributed by atoms with Gasteiger partial charge in [0.05, 0.1) is 12.0 Å². The Morgan fingerprint density at radius 2 is 2.00 bits per heavy atom. The number of rotatable bonds is 4. The maximum Gasteiger partial charge on any atom is 0.225 e. The third-order valence-corrected chi connectivity index (χ3v) is 2.57. The zero-order valence-corrected chi connectivity index (χ0v) is 10.5. The van der Waals surface area contributed by atoms with E-state index in [-0.39, 0.29) is 18.2 Å². The predicted octanol–water partition coefficient (Wildman–Crippen LogP) is 3.30. The number of nitriles is 1. The molecular weight excluding hydrogens is 212 g/mol. The number of para-hydroxylation sites is 1. The van der Waals surface area contributed by atoms with Gasteiger partial charge >= 0.3 is 0 Å². The predicted molar refractivity (Wildman–Crippen MR) is 68.6 cm³/mol. The molecule has 1 aromatic carbocycles. The summed E-state index contributed by atoms with van der Waals surface area (Å²) in [5, 5.41) is 11.5. The summed E-state index contributed by atoms with van der Waals surface area (Å²) in [6, 6.07) is 9.82. The van der Waals surface area contributed by atoms with Crippen LogP contribution in [-0.2, 0) is 4.79 Å². The largest absolute Gasteiger partial charge is 0.326 e. The van der Waals surface area contributed by atoms with E-state index in [1.165, 1.54) is 0 Å². The van der Waals surface area contributed by atoms with Crippen molar-refractivity contribution in [3.63, 3.8) is 0 Å². The zero-order chi connectivity index (χ0) is 12.8. The molecule has 0 aromatic heterocycles. The molecule has 0 heterocycles. The lowest BCUT2D eigenvalue weighted by Gasteiger charge is -2.13. The Morgan fingerprint density at radius 3 is 2.59 bits per heavy atom. The van der Waals surface area contributed by atoms with Gasteiger partial charge < -0.3 is 5.32 Å². The van der Waals surface area contributed by atoms with Gasteiger partial charge in [0.15, 0.2) is 0 Å². The van der Waals surface area contributed by atoms with Crippen LogP contribution in [0.3, 0.4) is 0 Å². The summed E-state index contributed by atoms with van der Waals surface area (Å²) in [4.78, 5) is 11.7. The maximum atomic E-state index is 11.7. The van der Waals surface area contributed by atoms with Crippen LogP contribution in [0.25, 0.3) is 0 Å². The van der Waals surface area contributed by atoms with E-state index in [0.29, 0.717) is 5.92 Å². The highest BCUT2D eigenvalue weighted by molar-refractivity contribution is 5.91. The first-order chi connectivity index (χ1) is 8.04. The van der Waals surface area contributed by atoms with Crippen molar-refractivity contribution in [3.8, 4) is 6.07 Å². The Morgan fingerprint density at radius 1 is 1.35 bits per heavy atom. The van der Waals surface area contributed by atoms with E-state index in [9.17, 15) is 4.79 Å². The zero-order valence-electron chi connectivity index (χ0n) is 10.5. The number of benzene rings is 1. The monoisotopic (exact) mass is 230 g/mol. The molecule has 90 valence electrons. The first-order valence-electron chi connectivity index (χ1n) is 5.83. The molecule has 0 aliphatic carbocycles. The van der Waals surface area contributed by atoms with Gasteiger partial charge in [0.25, 0.3) is 0 Å². The van der Waals surface area contributed by atoms with E-state index in [2.05, 4.69) is 25.2 Å². The fourth-order valence-corrected chi connectivity index (χ4v) is 1.64. The van der Waals surface area contributed by atoms with Crippen LogP contribution in [0.15, 0.2) is 24.3 Å². The molecule has 1 unspecified atom stereocenters. The molecule has 0 radical (unpaired) electrons. The molecule has 1 rings (SSSR count). The smallest absolute Gasteiger partial charge is 0.225 e. The Hall–Kier alpha value is -1.82. The van der Waals surface area contributed by atoms with Gasteiger partial charge in [-0.05, 0) is 24.5 Å². The van der Waals surface area contributed by atoms with Gasteiger partial charge in [-0.1, -0.05) is 32.0 Å². The second kappa shape index (κ2) is 6.05. The SMILES string of the molecule is CC(C#N)CC(=O)Nc1ccccc1C(C)C. The Balaban J connectivity index is 2.75. The molecule has 0 aliphatic rings. The van der Waals surface area contributed by atoms with Crippen LogP contribution in [0.2, 0.25) is 0 Å². The Kier molecular flexibility index (Phi) is 4.71. The number of hydrogen-bond donors (Lipinski definition) is 1. The van der Waals surface area contributed by atoms with Gasteiger partial charge in [0, 0.05) is 12.1 Å². The fraction of sp³-hybridized carbons (Fsp3) is 0.429. The van der Waals surface area contributed by atoms with E-state index in [4.69, 9.17) is 5.26 Å². The lowest BCUT2D eigenvalue weighted by molar-refractivity contribution is -0.116. The number of hydrogen-bond acceptors (Lipinski definition) is 2. The van der Waals surface area contributed by atoms with Crippen LogP contribution >= 0.6 is 0 Å². The molecule has 3 heteroatoms. The maximum absolute atomic E-state index is 11.7. The lowest BCUT2D eigenvalue weighted by Crippen LogP contribution is -2.15. The first-order valence-corrected chi connectivity index (χ1v) is 5.83. The van der Waals surface area contributed by atoms with Crippen molar-refractivity contribution in [1.29, 1.82) is 5.26 Å². The van der Waals surface area contributed by atoms with Gasteiger partial charge in [-0.15, -0.1) is 0 Å². The average Bonchev–Trinajstić information content (AvgIpc) is 2.29. The number of amides is 1. The standard InChI is InChI=1S/C14H18N2O/c1-10(2)12-6-4-5-7-13(12)16-14(17)8-11(3)9-15/h4-7,10-11H,8H2,1-3H3,(H,16,17). The van der Waals surface area contributed by atoms with Gasteiger partial charge in [-0.25, -0.2) is 0 Å². The van der Waals surface area contributed by atoms with Crippen LogP contribution in [0, 0.1) is 17.2 Å². The van der Waals surface area contributed by atoms with Gasteiger partial charge in [0.1, 0.15) is 0 Å². The minimum atomic E-state index is -0.249. The van der Waals surface area contributed by atoms with Crippen molar-refractivity contribution in [2.75, 3.05) is 5.32 Å². The molecule has 0 aliphatic heterocycles. The highest BCUT2D eigenvalue weighted by Gasteiger charge is 2.11. The molecule has 0 saturated carbocycles. The molecule has 17 heavy (non-hydrogen) atoms. The molecule has 3 nitrogen and oxygen atoms in total. The minimum absolute atomic E-state index is 0.104. The summed E-state index contributed by atoms with van der Waals surface area (Å²) in [5.41, 5.74) is 1.96. The Bertz CT molecular complexity index is 432. The van der Waals surface area contributed by atoms with Crippen molar-refractivity contribution in [1.82, 2.24) is 0 Å². The summed E-state index contributed by atoms with van der Waals surface area (Å²) in [6.07, 6.45) is 0.239. The van der Waals surface area contributed by atoms with Crippen LogP contribution in [-0.4, -0.2) is 5.91 Å². The van der Waals surface area contributed by atoms with E-state index < -0.39 is 0 Å². The van der Waals surface area contributed by atoms with E-state index in [1.54, 1.807) is 6.92 Å². The summed E-state index contributed by atoms with van der Waals surface area (Å²) < 4.78 is 0. The van der Waals surface area contributed by atoms with Crippen LogP contribution in [0.5, 0.6) is 0 Å². The molecule has 1 atom stereocenters. The number of carbonyl (C=O) groups is 1. The van der Waals surface area contributed by atoms with Crippen molar-refractivity contribution in [3.05, 3.63) is 29.8 Å². The summed E-state index contributed by atoms with van der Waals surface area (Å²) in [7, 11) is 0. The first kappa shape index (κ1) is 13.2. The van der Waals surface area contributed by atoms with Crippen LogP contribution in [0.4, 0.5) is 5.69 Å². The topological polar surface area (TPSA) is 52.9 Å². The molecule has 0 saturated heterocycles. The normalized spacial score (nSPS) is 11.9. The molecule has 0 fully saturated rings. The molecule has 0 bridgehead atoms. The lowest BCUT2D eigenvalue weighted by atomic mass is 10.0. The molecule has 1 N–H and O–H groups in total. The van der Waals surface area contributed by atoms with Crippen molar-refractivity contribution in [2.24, 2.45) is 5.92 Å². The van der Waals surface area contributed by atoms with E-state index in [0.717, 1.165) is 11.3 Å². The summed E-state index contributed by atoms with van der Waals surface area (Å²) in [5.74, 6) is 0.00764. The van der Waals surface area contributed by atoms with E-state index in [1.807, 2.05) is 24.3 Å². The van der Waals surface area contributed by atoms with Gasteiger partial charge in [-0.2, -0.15) is 5.26 Å². The number of nitrogens with zero attached hydrogens (tertiary/aromatic N) is 1. The van der Waals surface area contributed by atoms with Crippen molar-refractivity contribution in [2.45, 2.75) is 33.1 Å². The summed E-state index contributed by atoms with van der Waals surface area (Å²) in [6.45, 7) is 5.92. The second-order valence-corrected chi connectivity index (χ2v) is 4.52.